The predicted octanol–water partition coefficient (Wildman–Crippen LogP) is 2.20. The number of nitrogens with zero attached hydrogens (tertiary/aromatic N) is 3. The van der Waals surface area contributed by atoms with Crippen LogP contribution in [0.25, 0.3) is 11.4 Å². The summed E-state index contributed by atoms with van der Waals surface area (Å²) in [6, 6.07) is 5.36. The summed E-state index contributed by atoms with van der Waals surface area (Å²) < 4.78 is 1.93. The van der Waals surface area contributed by atoms with Crippen LogP contribution in [-0.2, 0) is 6.54 Å². The average Bonchev–Trinajstić information content (AvgIpc) is 2.65. The highest BCUT2D eigenvalue weighted by Gasteiger charge is 2.09. The molecule has 0 unspecified atom stereocenters. The van der Waals surface area contributed by atoms with Gasteiger partial charge < -0.3 is 10.3 Å². The zero-order valence-electron chi connectivity index (χ0n) is 8.31. The van der Waals surface area contributed by atoms with Gasteiger partial charge in [-0.05, 0) is 25.1 Å². The van der Waals surface area contributed by atoms with E-state index < -0.39 is 0 Å². The SMILES string of the molecule is CCn1cnnc1-c1ccc(Cl)cc1N. The van der Waals surface area contributed by atoms with Gasteiger partial charge in [0.05, 0.1) is 0 Å². The smallest absolute Gasteiger partial charge is 0.165 e. The molecule has 0 amide bonds. The maximum atomic E-state index is 5.87. The summed E-state index contributed by atoms with van der Waals surface area (Å²) >= 11 is 5.83. The lowest BCUT2D eigenvalue weighted by molar-refractivity contribution is 0.767. The molecule has 0 fully saturated rings. The van der Waals surface area contributed by atoms with Gasteiger partial charge in [0.2, 0.25) is 0 Å². The van der Waals surface area contributed by atoms with Crippen molar-refractivity contribution in [3.63, 3.8) is 0 Å². The summed E-state index contributed by atoms with van der Waals surface area (Å²) in [4.78, 5) is 0. The molecule has 0 atom stereocenters. The van der Waals surface area contributed by atoms with Crippen LogP contribution >= 0.6 is 11.6 Å². The molecule has 0 saturated heterocycles. The average molecular weight is 223 g/mol. The van der Waals surface area contributed by atoms with Crippen molar-refractivity contribution in [3.8, 4) is 11.4 Å². The van der Waals surface area contributed by atoms with Crippen LogP contribution in [0.1, 0.15) is 6.92 Å². The third kappa shape index (κ3) is 1.80. The van der Waals surface area contributed by atoms with Gasteiger partial charge in [0.25, 0.3) is 0 Å². The van der Waals surface area contributed by atoms with Crippen LogP contribution in [0.3, 0.4) is 0 Å². The molecule has 0 bridgehead atoms. The molecule has 0 aliphatic heterocycles. The Hall–Kier alpha value is -1.55. The Morgan fingerprint density at radius 1 is 1.47 bits per heavy atom. The summed E-state index contributed by atoms with van der Waals surface area (Å²) in [5.41, 5.74) is 7.35. The Bertz CT molecular complexity index is 478. The zero-order valence-corrected chi connectivity index (χ0v) is 9.07. The van der Waals surface area contributed by atoms with Gasteiger partial charge in [-0.3, -0.25) is 0 Å². The molecule has 0 saturated carbocycles. The first-order valence-corrected chi connectivity index (χ1v) is 5.03. The van der Waals surface area contributed by atoms with E-state index in [0.29, 0.717) is 10.7 Å². The van der Waals surface area contributed by atoms with E-state index in [9.17, 15) is 0 Å². The van der Waals surface area contributed by atoms with Crippen LogP contribution in [0.2, 0.25) is 5.02 Å². The number of anilines is 1. The summed E-state index contributed by atoms with van der Waals surface area (Å²) in [6.45, 7) is 2.84. The van der Waals surface area contributed by atoms with Crippen molar-refractivity contribution in [1.82, 2.24) is 14.8 Å². The Labute approximate surface area is 92.7 Å². The molecule has 5 heteroatoms. The molecule has 1 heterocycles. The Balaban J connectivity index is 2.54. The number of aromatic nitrogens is 3. The number of rotatable bonds is 2. The van der Waals surface area contributed by atoms with E-state index in [1.807, 2.05) is 17.6 Å². The molecule has 2 N–H and O–H groups in total. The fraction of sp³-hybridized carbons (Fsp3) is 0.200. The fourth-order valence-corrected chi connectivity index (χ4v) is 1.61. The summed E-state index contributed by atoms with van der Waals surface area (Å²) in [5, 5.41) is 8.52. The maximum Gasteiger partial charge on any atom is 0.165 e. The highest BCUT2D eigenvalue weighted by Crippen LogP contribution is 2.26. The van der Waals surface area contributed by atoms with Crippen molar-refractivity contribution in [2.75, 3.05) is 5.73 Å². The van der Waals surface area contributed by atoms with E-state index in [1.54, 1.807) is 18.5 Å². The van der Waals surface area contributed by atoms with Crippen LogP contribution in [0.15, 0.2) is 24.5 Å². The van der Waals surface area contributed by atoms with Gasteiger partial charge >= 0.3 is 0 Å². The molecular weight excluding hydrogens is 212 g/mol. The first kappa shape index (κ1) is 9.98. The van der Waals surface area contributed by atoms with E-state index in [4.69, 9.17) is 17.3 Å². The van der Waals surface area contributed by atoms with Crippen molar-refractivity contribution >= 4 is 17.3 Å². The Kier molecular flexibility index (Phi) is 2.60. The molecule has 0 aliphatic rings. The molecule has 1 aromatic carbocycles. The minimum Gasteiger partial charge on any atom is -0.398 e. The van der Waals surface area contributed by atoms with Crippen molar-refractivity contribution < 1.29 is 0 Å². The third-order valence-electron chi connectivity index (χ3n) is 2.21. The fourth-order valence-electron chi connectivity index (χ4n) is 1.43. The highest BCUT2D eigenvalue weighted by molar-refractivity contribution is 6.31. The molecule has 0 aliphatic carbocycles. The summed E-state index contributed by atoms with van der Waals surface area (Å²) in [5.74, 6) is 0.770. The normalized spacial score (nSPS) is 10.5. The minimum atomic E-state index is 0.616. The van der Waals surface area contributed by atoms with Gasteiger partial charge in [0, 0.05) is 22.8 Å². The standard InChI is InChI=1S/C10H11ClN4/c1-2-15-6-13-14-10(15)8-4-3-7(11)5-9(8)12/h3-6H,2,12H2,1H3. The van der Waals surface area contributed by atoms with Crippen LogP contribution in [0.4, 0.5) is 5.69 Å². The van der Waals surface area contributed by atoms with Gasteiger partial charge in [0.15, 0.2) is 5.82 Å². The lowest BCUT2D eigenvalue weighted by Gasteiger charge is -2.06. The van der Waals surface area contributed by atoms with Gasteiger partial charge in [-0.2, -0.15) is 0 Å². The van der Waals surface area contributed by atoms with E-state index >= 15 is 0 Å². The van der Waals surface area contributed by atoms with Gasteiger partial charge in [-0.25, -0.2) is 0 Å². The van der Waals surface area contributed by atoms with E-state index in [1.165, 1.54) is 0 Å². The van der Waals surface area contributed by atoms with Gasteiger partial charge in [-0.15, -0.1) is 10.2 Å². The number of benzene rings is 1. The number of hydrogen-bond donors (Lipinski definition) is 1. The maximum absolute atomic E-state index is 5.87. The number of hydrogen-bond acceptors (Lipinski definition) is 3. The highest BCUT2D eigenvalue weighted by atomic mass is 35.5. The topological polar surface area (TPSA) is 56.7 Å². The first-order chi connectivity index (χ1) is 7.22. The molecule has 0 spiro atoms. The third-order valence-corrected chi connectivity index (χ3v) is 2.45. The molecule has 15 heavy (non-hydrogen) atoms. The number of nitrogens with two attached hydrogens (primary N) is 1. The van der Waals surface area contributed by atoms with Crippen molar-refractivity contribution in [2.24, 2.45) is 0 Å². The lowest BCUT2D eigenvalue weighted by atomic mass is 10.1. The van der Waals surface area contributed by atoms with Crippen LogP contribution in [0.5, 0.6) is 0 Å². The second-order valence-corrected chi connectivity index (χ2v) is 3.61. The predicted molar refractivity (Wildman–Crippen MR) is 60.6 cm³/mol. The number of aryl methyl sites for hydroxylation is 1. The molecule has 4 nitrogen and oxygen atoms in total. The largest absolute Gasteiger partial charge is 0.398 e. The molecular formula is C10H11ClN4. The molecule has 78 valence electrons. The van der Waals surface area contributed by atoms with Crippen molar-refractivity contribution in [1.29, 1.82) is 0 Å². The quantitative estimate of drug-likeness (QED) is 0.793. The summed E-state index contributed by atoms with van der Waals surface area (Å²) in [6.07, 6.45) is 1.68. The van der Waals surface area contributed by atoms with Crippen molar-refractivity contribution in [3.05, 3.63) is 29.5 Å². The molecule has 2 aromatic rings. The Morgan fingerprint density at radius 3 is 2.93 bits per heavy atom. The second-order valence-electron chi connectivity index (χ2n) is 3.17. The van der Waals surface area contributed by atoms with Crippen LogP contribution < -0.4 is 5.73 Å². The van der Waals surface area contributed by atoms with Crippen LogP contribution in [0, 0.1) is 0 Å². The second kappa shape index (κ2) is 3.90. The van der Waals surface area contributed by atoms with Gasteiger partial charge in [0.1, 0.15) is 6.33 Å². The Morgan fingerprint density at radius 2 is 2.27 bits per heavy atom. The molecule has 1 aromatic heterocycles. The number of halogens is 1. The van der Waals surface area contributed by atoms with Crippen molar-refractivity contribution in [2.45, 2.75) is 13.5 Å². The van der Waals surface area contributed by atoms with Crippen LogP contribution in [-0.4, -0.2) is 14.8 Å². The first-order valence-electron chi connectivity index (χ1n) is 4.65. The van der Waals surface area contributed by atoms with Gasteiger partial charge in [-0.1, -0.05) is 11.6 Å². The monoisotopic (exact) mass is 222 g/mol. The molecule has 2 rings (SSSR count). The minimum absolute atomic E-state index is 0.616. The van der Waals surface area contributed by atoms with E-state index in [0.717, 1.165) is 17.9 Å². The lowest BCUT2D eigenvalue weighted by Crippen LogP contribution is -1.99. The summed E-state index contributed by atoms with van der Waals surface area (Å²) in [7, 11) is 0. The van der Waals surface area contributed by atoms with E-state index in [-0.39, 0.29) is 0 Å². The zero-order chi connectivity index (χ0) is 10.8. The molecule has 0 radical (unpaired) electrons. The number of nitrogen functional groups attached to an aromatic ring is 1. The van der Waals surface area contributed by atoms with E-state index in [2.05, 4.69) is 10.2 Å².